The molecule has 3 aromatic carbocycles. The average molecular weight is 412 g/mol. The number of hydrogen-bond acceptors (Lipinski definition) is 4. The van der Waals surface area contributed by atoms with E-state index >= 15 is 0 Å². The highest BCUT2D eigenvalue weighted by molar-refractivity contribution is 5.95. The van der Waals surface area contributed by atoms with E-state index in [1.807, 2.05) is 43.3 Å². The van der Waals surface area contributed by atoms with Gasteiger partial charge in [-0.15, -0.1) is 10.2 Å². The second-order valence-corrected chi connectivity index (χ2v) is 7.18. The Bertz CT molecular complexity index is 1170. The van der Waals surface area contributed by atoms with Gasteiger partial charge in [0.25, 0.3) is 5.91 Å². The highest BCUT2D eigenvalue weighted by Crippen LogP contribution is 2.20. The molecule has 4 aromatic rings. The third-order valence-corrected chi connectivity index (χ3v) is 4.78. The molecule has 0 saturated heterocycles. The van der Waals surface area contributed by atoms with Crippen LogP contribution in [0.1, 0.15) is 21.5 Å². The normalized spacial score (nSPS) is 10.5. The first-order valence-corrected chi connectivity index (χ1v) is 9.87. The van der Waals surface area contributed by atoms with Crippen LogP contribution in [0.5, 0.6) is 0 Å². The molecule has 0 unspecified atom stereocenters. The van der Waals surface area contributed by atoms with Crippen molar-refractivity contribution < 1.29 is 9.18 Å². The molecule has 0 fully saturated rings. The van der Waals surface area contributed by atoms with Crippen LogP contribution in [-0.2, 0) is 6.54 Å². The molecule has 6 heteroatoms. The maximum Gasteiger partial charge on any atom is 0.251 e. The zero-order valence-corrected chi connectivity index (χ0v) is 17.0. The monoisotopic (exact) mass is 412 g/mol. The molecule has 0 atom stereocenters. The van der Waals surface area contributed by atoms with Gasteiger partial charge in [0, 0.05) is 23.4 Å². The Morgan fingerprint density at radius 1 is 0.903 bits per heavy atom. The molecule has 4 rings (SSSR count). The van der Waals surface area contributed by atoms with Gasteiger partial charge in [0.2, 0.25) is 0 Å². The minimum Gasteiger partial charge on any atom is -0.348 e. The fourth-order valence-corrected chi connectivity index (χ4v) is 3.05. The van der Waals surface area contributed by atoms with E-state index in [0.717, 1.165) is 16.8 Å². The summed E-state index contributed by atoms with van der Waals surface area (Å²) in [5, 5.41) is 14.4. The largest absolute Gasteiger partial charge is 0.348 e. The Kier molecular flexibility index (Phi) is 5.98. The first-order chi connectivity index (χ1) is 15.1. The Hall–Kier alpha value is -4.06. The maximum absolute atomic E-state index is 13.1. The molecule has 1 heterocycles. The summed E-state index contributed by atoms with van der Waals surface area (Å²) in [5.74, 6) is 0.0998. The van der Waals surface area contributed by atoms with E-state index in [1.54, 1.807) is 36.4 Å². The molecule has 0 spiro atoms. The Labute approximate surface area is 180 Å². The van der Waals surface area contributed by atoms with E-state index in [0.29, 0.717) is 23.6 Å². The van der Waals surface area contributed by atoms with Gasteiger partial charge in [0.15, 0.2) is 5.82 Å². The van der Waals surface area contributed by atoms with Gasteiger partial charge in [0.1, 0.15) is 5.82 Å². The zero-order chi connectivity index (χ0) is 21.6. The molecular formula is C25H21FN4O. The van der Waals surface area contributed by atoms with Crippen molar-refractivity contribution in [2.75, 3.05) is 5.32 Å². The second-order valence-electron chi connectivity index (χ2n) is 7.18. The molecule has 2 N–H and O–H groups in total. The van der Waals surface area contributed by atoms with Crippen molar-refractivity contribution in [3.63, 3.8) is 0 Å². The van der Waals surface area contributed by atoms with E-state index in [-0.39, 0.29) is 11.7 Å². The minimum atomic E-state index is -0.294. The van der Waals surface area contributed by atoms with Gasteiger partial charge in [0.05, 0.1) is 5.69 Å². The SMILES string of the molecule is Cc1ccc(CNC(=O)c2cccc(Nc3ccc(-c4ccc(F)cc4)nn3)c2)cc1. The highest BCUT2D eigenvalue weighted by atomic mass is 19.1. The third kappa shape index (κ3) is 5.30. The minimum absolute atomic E-state index is 0.151. The number of hydrogen-bond donors (Lipinski definition) is 2. The van der Waals surface area contributed by atoms with Crippen LogP contribution in [0, 0.1) is 12.7 Å². The fraction of sp³-hybridized carbons (Fsp3) is 0.0800. The average Bonchev–Trinajstić information content (AvgIpc) is 2.80. The van der Waals surface area contributed by atoms with Gasteiger partial charge < -0.3 is 10.6 Å². The number of nitrogens with one attached hydrogen (secondary N) is 2. The fourth-order valence-electron chi connectivity index (χ4n) is 3.05. The van der Waals surface area contributed by atoms with Gasteiger partial charge >= 0.3 is 0 Å². The number of nitrogens with zero attached hydrogens (tertiary/aromatic N) is 2. The van der Waals surface area contributed by atoms with E-state index < -0.39 is 0 Å². The molecule has 0 aliphatic rings. The van der Waals surface area contributed by atoms with Crippen LogP contribution >= 0.6 is 0 Å². The van der Waals surface area contributed by atoms with Crippen molar-refractivity contribution in [3.8, 4) is 11.3 Å². The summed E-state index contributed by atoms with van der Waals surface area (Å²) in [5.41, 5.74) is 4.94. The van der Waals surface area contributed by atoms with Crippen molar-refractivity contribution in [2.24, 2.45) is 0 Å². The van der Waals surface area contributed by atoms with Crippen LogP contribution in [0.3, 0.4) is 0 Å². The van der Waals surface area contributed by atoms with Gasteiger partial charge in [-0.25, -0.2) is 4.39 Å². The van der Waals surface area contributed by atoms with Crippen LogP contribution < -0.4 is 10.6 Å². The number of aromatic nitrogens is 2. The molecule has 0 radical (unpaired) electrons. The van der Waals surface area contributed by atoms with E-state index in [9.17, 15) is 9.18 Å². The van der Waals surface area contributed by atoms with Gasteiger partial charge in [-0.3, -0.25) is 4.79 Å². The predicted octanol–water partition coefficient (Wildman–Crippen LogP) is 5.26. The van der Waals surface area contributed by atoms with Gasteiger partial charge in [-0.2, -0.15) is 0 Å². The van der Waals surface area contributed by atoms with Crippen LogP contribution in [0.4, 0.5) is 15.9 Å². The topological polar surface area (TPSA) is 66.9 Å². The lowest BCUT2D eigenvalue weighted by Crippen LogP contribution is -2.22. The van der Waals surface area contributed by atoms with Crippen molar-refractivity contribution in [1.29, 1.82) is 0 Å². The smallest absolute Gasteiger partial charge is 0.251 e. The molecule has 0 aliphatic carbocycles. The summed E-state index contributed by atoms with van der Waals surface area (Å²) >= 11 is 0. The number of carbonyl (C=O) groups excluding carboxylic acids is 1. The molecule has 1 amide bonds. The summed E-state index contributed by atoms with van der Waals surface area (Å²) < 4.78 is 13.1. The molecule has 0 aliphatic heterocycles. The number of halogens is 1. The number of carbonyl (C=O) groups is 1. The number of aryl methyl sites for hydroxylation is 1. The zero-order valence-electron chi connectivity index (χ0n) is 17.0. The van der Waals surface area contributed by atoms with Crippen LogP contribution in [0.15, 0.2) is 84.9 Å². The van der Waals surface area contributed by atoms with Crippen molar-refractivity contribution in [2.45, 2.75) is 13.5 Å². The predicted molar refractivity (Wildman–Crippen MR) is 119 cm³/mol. The Morgan fingerprint density at radius 3 is 2.39 bits per heavy atom. The highest BCUT2D eigenvalue weighted by Gasteiger charge is 2.07. The number of rotatable bonds is 6. The van der Waals surface area contributed by atoms with Crippen LogP contribution in [-0.4, -0.2) is 16.1 Å². The third-order valence-electron chi connectivity index (χ3n) is 4.78. The quantitative estimate of drug-likeness (QED) is 0.453. The summed E-state index contributed by atoms with van der Waals surface area (Å²) in [4.78, 5) is 12.5. The van der Waals surface area contributed by atoms with E-state index in [4.69, 9.17) is 0 Å². The molecule has 31 heavy (non-hydrogen) atoms. The Morgan fingerprint density at radius 2 is 1.68 bits per heavy atom. The maximum atomic E-state index is 13.1. The van der Waals surface area contributed by atoms with Gasteiger partial charge in [-0.05, 0) is 67.1 Å². The molecule has 0 bridgehead atoms. The first kappa shape index (κ1) is 20.2. The molecule has 0 saturated carbocycles. The number of benzene rings is 3. The molecular weight excluding hydrogens is 391 g/mol. The second kappa shape index (κ2) is 9.17. The molecule has 1 aromatic heterocycles. The summed E-state index contributed by atoms with van der Waals surface area (Å²) in [7, 11) is 0. The standard InChI is InChI=1S/C25H21FN4O/c1-17-5-7-18(8-6-17)16-27-25(31)20-3-2-4-22(15-20)28-24-14-13-23(29-30-24)19-9-11-21(26)12-10-19/h2-15H,16H2,1H3,(H,27,31)(H,28,30). The summed E-state index contributed by atoms with van der Waals surface area (Å²) in [6.07, 6.45) is 0. The van der Waals surface area contributed by atoms with E-state index in [2.05, 4.69) is 20.8 Å². The summed E-state index contributed by atoms with van der Waals surface area (Å²) in [6.45, 7) is 2.49. The van der Waals surface area contributed by atoms with Crippen molar-refractivity contribution in [3.05, 3.63) is 107 Å². The van der Waals surface area contributed by atoms with Crippen LogP contribution in [0.2, 0.25) is 0 Å². The van der Waals surface area contributed by atoms with Crippen molar-refractivity contribution >= 4 is 17.4 Å². The lowest BCUT2D eigenvalue weighted by molar-refractivity contribution is 0.0951. The van der Waals surface area contributed by atoms with E-state index in [1.165, 1.54) is 17.7 Å². The van der Waals surface area contributed by atoms with Crippen LogP contribution in [0.25, 0.3) is 11.3 Å². The van der Waals surface area contributed by atoms with Crippen molar-refractivity contribution in [1.82, 2.24) is 15.5 Å². The first-order valence-electron chi connectivity index (χ1n) is 9.87. The molecule has 154 valence electrons. The molecule has 5 nitrogen and oxygen atoms in total. The lowest BCUT2D eigenvalue weighted by atomic mass is 10.1. The number of amides is 1. The number of anilines is 2. The summed E-state index contributed by atoms with van der Waals surface area (Å²) in [6, 6.07) is 24.9. The van der Waals surface area contributed by atoms with Gasteiger partial charge in [-0.1, -0.05) is 35.9 Å². The lowest BCUT2D eigenvalue weighted by Gasteiger charge is -2.09. The Balaban J connectivity index is 1.40.